The van der Waals surface area contributed by atoms with E-state index in [1.807, 2.05) is 0 Å². The third kappa shape index (κ3) is 3.62. The lowest BCUT2D eigenvalue weighted by Crippen LogP contribution is -2.60. The highest BCUT2D eigenvalue weighted by molar-refractivity contribution is 6.71. The maximum Gasteiger partial charge on any atom is 0.345 e. The van der Waals surface area contributed by atoms with Crippen LogP contribution in [0.15, 0.2) is 0 Å². The molecule has 19 heavy (non-hydrogen) atoms. The number of hydrogen-bond acceptors (Lipinski definition) is 2. The molecule has 0 unspecified atom stereocenters. The van der Waals surface area contributed by atoms with Crippen molar-refractivity contribution in [2.24, 2.45) is 0 Å². The zero-order valence-corrected chi connectivity index (χ0v) is 14.7. The summed E-state index contributed by atoms with van der Waals surface area (Å²) in [6.07, 6.45) is 8.05. The lowest BCUT2D eigenvalue weighted by atomic mass is 9.98. The first kappa shape index (κ1) is 15.5. The van der Waals surface area contributed by atoms with Crippen LogP contribution < -0.4 is 0 Å². The van der Waals surface area contributed by atoms with Gasteiger partial charge in [0.25, 0.3) is 0 Å². The van der Waals surface area contributed by atoms with Gasteiger partial charge in [0.15, 0.2) is 0 Å². The van der Waals surface area contributed by atoms with Crippen LogP contribution in [0.2, 0.25) is 11.1 Å². The third-order valence-corrected chi connectivity index (χ3v) is 9.57. The topological polar surface area (TPSA) is 18.5 Å². The number of hydrogen-bond donors (Lipinski definition) is 0. The van der Waals surface area contributed by atoms with Crippen molar-refractivity contribution >= 4 is 8.56 Å². The van der Waals surface area contributed by atoms with E-state index in [9.17, 15) is 0 Å². The first-order chi connectivity index (χ1) is 8.62. The summed E-state index contributed by atoms with van der Waals surface area (Å²) in [7, 11) is -2.10. The lowest BCUT2D eigenvalue weighted by molar-refractivity contribution is -0.00764. The van der Waals surface area contributed by atoms with Crippen LogP contribution >= 0.6 is 0 Å². The molecular weight excluding hydrogens is 252 g/mol. The van der Waals surface area contributed by atoms with Crippen molar-refractivity contribution in [2.45, 2.75) is 102 Å². The summed E-state index contributed by atoms with van der Waals surface area (Å²) in [5.41, 5.74) is 1.30. The zero-order valence-electron chi connectivity index (χ0n) is 13.7. The Balaban J connectivity index is 2.26. The molecule has 2 aliphatic carbocycles. The molecule has 2 aliphatic rings. The van der Waals surface area contributed by atoms with Crippen LogP contribution in [0.4, 0.5) is 0 Å². The SMILES string of the molecule is CC(C)(C)O[Si](OC(C)(C)C)(C1CCC1)C1CCC1. The highest BCUT2D eigenvalue weighted by atomic mass is 28.4. The quantitative estimate of drug-likeness (QED) is 0.663. The predicted molar refractivity (Wildman–Crippen MR) is 82.6 cm³/mol. The maximum absolute atomic E-state index is 6.73. The van der Waals surface area contributed by atoms with E-state index in [0.29, 0.717) is 0 Å². The molecule has 0 aromatic carbocycles. The predicted octanol–water partition coefficient (Wildman–Crippen LogP) is 5.17. The minimum absolute atomic E-state index is 0.0807. The Labute approximate surface area is 120 Å². The van der Waals surface area contributed by atoms with E-state index < -0.39 is 8.56 Å². The lowest BCUT2D eigenvalue weighted by Gasteiger charge is -2.54. The first-order valence-corrected chi connectivity index (χ1v) is 10.00. The third-order valence-electron chi connectivity index (χ3n) is 4.28. The molecule has 0 radical (unpaired) electrons. The molecule has 0 aromatic rings. The molecule has 0 atom stereocenters. The van der Waals surface area contributed by atoms with Crippen LogP contribution in [0.25, 0.3) is 0 Å². The average molecular weight is 285 g/mol. The molecule has 2 saturated carbocycles. The second kappa shape index (κ2) is 5.16. The van der Waals surface area contributed by atoms with Gasteiger partial charge in [0.05, 0.1) is 11.2 Å². The highest BCUT2D eigenvalue weighted by Crippen LogP contribution is 2.56. The molecule has 2 nitrogen and oxygen atoms in total. The van der Waals surface area contributed by atoms with Crippen LogP contribution in [-0.4, -0.2) is 19.8 Å². The molecule has 0 bridgehead atoms. The largest absolute Gasteiger partial charge is 0.389 e. The Morgan fingerprint density at radius 1 is 0.684 bits per heavy atom. The molecule has 0 aliphatic heterocycles. The molecular formula is C16H32O2Si. The molecule has 0 saturated heterocycles. The summed E-state index contributed by atoms with van der Waals surface area (Å²) < 4.78 is 13.5. The second-order valence-corrected chi connectivity index (χ2v) is 11.9. The van der Waals surface area contributed by atoms with E-state index >= 15 is 0 Å². The van der Waals surface area contributed by atoms with Crippen molar-refractivity contribution in [2.75, 3.05) is 0 Å². The van der Waals surface area contributed by atoms with Gasteiger partial charge in [-0.3, -0.25) is 0 Å². The van der Waals surface area contributed by atoms with E-state index in [4.69, 9.17) is 8.85 Å². The minimum Gasteiger partial charge on any atom is -0.389 e. The summed E-state index contributed by atoms with van der Waals surface area (Å²) in [4.78, 5) is 0. The Morgan fingerprint density at radius 3 is 1.16 bits per heavy atom. The van der Waals surface area contributed by atoms with Crippen molar-refractivity contribution in [3.05, 3.63) is 0 Å². The van der Waals surface area contributed by atoms with Gasteiger partial charge < -0.3 is 8.85 Å². The summed E-state index contributed by atoms with van der Waals surface area (Å²) >= 11 is 0. The fraction of sp³-hybridized carbons (Fsp3) is 1.00. The number of rotatable bonds is 4. The fourth-order valence-electron chi connectivity index (χ4n) is 3.27. The van der Waals surface area contributed by atoms with E-state index in [-0.39, 0.29) is 11.2 Å². The van der Waals surface area contributed by atoms with Gasteiger partial charge in [0, 0.05) is 11.1 Å². The molecule has 0 amide bonds. The molecule has 0 spiro atoms. The molecule has 0 N–H and O–H groups in total. The van der Waals surface area contributed by atoms with E-state index in [1.165, 1.54) is 38.5 Å². The normalized spacial score (nSPS) is 23.1. The van der Waals surface area contributed by atoms with Crippen LogP contribution in [0, 0.1) is 0 Å². The summed E-state index contributed by atoms with van der Waals surface area (Å²) in [5, 5.41) is 0. The minimum atomic E-state index is -2.10. The van der Waals surface area contributed by atoms with Crippen LogP contribution in [0.5, 0.6) is 0 Å². The zero-order chi connectivity index (χ0) is 14.3. The molecule has 2 rings (SSSR count). The Kier molecular flexibility index (Phi) is 4.21. The van der Waals surface area contributed by atoms with Crippen molar-refractivity contribution < 1.29 is 8.85 Å². The van der Waals surface area contributed by atoms with Gasteiger partial charge in [-0.2, -0.15) is 0 Å². The molecule has 2 fully saturated rings. The average Bonchev–Trinajstić information content (AvgIpc) is 1.85. The Bertz CT molecular complexity index is 274. The standard InChI is InChI=1S/C16H32O2Si/c1-15(2,3)17-19(13-9-7-10-13,14-11-8-12-14)18-16(4,5)6/h13-14H,7-12H2,1-6H3. The molecule has 112 valence electrons. The van der Waals surface area contributed by atoms with E-state index in [1.54, 1.807) is 0 Å². The van der Waals surface area contributed by atoms with Gasteiger partial charge in [0.2, 0.25) is 0 Å². The van der Waals surface area contributed by atoms with Crippen LogP contribution in [0.3, 0.4) is 0 Å². The van der Waals surface area contributed by atoms with Crippen molar-refractivity contribution in [3.63, 3.8) is 0 Å². The Hall–Kier alpha value is 0.137. The van der Waals surface area contributed by atoms with Gasteiger partial charge in [-0.15, -0.1) is 0 Å². The maximum atomic E-state index is 6.73. The van der Waals surface area contributed by atoms with Crippen molar-refractivity contribution in [1.82, 2.24) is 0 Å². The smallest absolute Gasteiger partial charge is 0.345 e. The summed E-state index contributed by atoms with van der Waals surface area (Å²) in [5.74, 6) is 0. The summed E-state index contributed by atoms with van der Waals surface area (Å²) in [6.45, 7) is 13.2. The van der Waals surface area contributed by atoms with Gasteiger partial charge in [0.1, 0.15) is 0 Å². The van der Waals surface area contributed by atoms with Crippen LogP contribution in [-0.2, 0) is 8.85 Å². The monoisotopic (exact) mass is 284 g/mol. The van der Waals surface area contributed by atoms with E-state index in [0.717, 1.165) is 11.1 Å². The van der Waals surface area contributed by atoms with Crippen molar-refractivity contribution in [3.8, 4) is 0 Å². The van der Waals surface area contributed by atoms with Crippen LogP contribution in [0.1, 0.15) is 80.1 Å². The first-order valence-electron chi connectivity index (χ1n) is 8.03. The van der Waals surface area contributed by atoms with Gasteiger partial charge in [-0.25, -0.2) is 0 Å². The van der Waals surface area contributed by atoms with Gasteiger partial charge in [-0.05, 0) is 67.2 Å². The fourth-order valence-corrected chi connectivity index (χ4v) is 8.98. The molecule has 0 aromatic heterocycles. The van der Waals surface area contributed by atoms with E-state index in [2.05, 4.69) is 41.5 Å². The van der Waals surface area contributed by atoms with Gasteiger partial charge >= 0.3 is 8.56 Å². The Morgan fingerprint density at radius 2 is 1.00 bits per heavy atom. The summed E-state index contributed by atoms with van der Waals surface area (Å²) in [6, 6.07) is 0. The van der Waals surface area contributed by atoms with Crippen molar-refractivity contribution in [1.29, 1.82) is 0 Å². The molecule has 0 heterocycles. The highest BCUT2D eigenvalue weighted by Gasteiger charge is 2.58. The molecule has 3 heteroatoms. The second-order valence-electron chi connectivity index (χ2n) is 8.41. The van der Waals surface area contributed by atoms with Gasteiger partial charge in [-0.1, -0.05) is 12.8 Å².